The van der Waals surface area contributed by atoms with Crippen molar-refractivity contribution in [3.05, 3.63) is 48.0 Å². The van der Waals surface area contributed by atoms with Crippen LogP contribution in [0.2, 0.25) is 0 Å². The molecule has 1 aromatic heterocycles. The van der Waals surface area contributed by atoms with Crippen LogP contribution in [0.25, 0.3) is 22.3 Å². The van der Waals surface area contributed by atoms with E-state index in [0.29, 0.717) is 55.5 Å². The van der Waals surface area contributed by atoms with Gasteiger partial charge in [0.05, 0.1) is 17.7 Å². The Morgan fingerprint density at radius 2 is 1.79 bits per heavy atom. The molecule has 1 fully saturated rings. The summed E-state index contributed by atoms with van der Waals surface area (Å²) < 4.78 is 36.0. The fraction of sp³-hybridized carbons (Fsp3) is 0.400. The molecular weight excluding hydrogens is 442 g/mol. The molecule has 7 nitrogen and oxygen atoms in total. The lowest BCUT2D eigenvalue weighted by Gasteiger charge is -2.35. The molecule has 1 saturated heterocycles. The molecule has 4 rings (SSSR count). The van der Waals surface area contributed by atoms with E-state index in [0.717, 1.165) is 10.9 Å². The number of carbonyl (C=O) groups excluding carboxylic acids is 1. The molecule has 0 saturated carbocycles. The van der Waals surface area contributed by atoms with Crippen molar-refractivity contribution in [2.24, 2.45) is 5.92 Å². The third-order valence-electron chi connectivity index (χ3n) is 5.55. The molecule has 1 aliphatic rings. The van der Waals surface area contributed by atoms with Crippen molar-refractivity contribution < 1.29 is 23.0 Å². The fourth-order valence-electron chi connectivity index (χ4n) is 3.86. The molecule has 0 aliphatic carbocycles. The van der Waals surface area contributed by atoms with Crippen molar-refractivity contribution >= 4 is 22.8 Å². The van der Waals surface area contributed by atoms with Gasteiger partial charge in [-0.2, -0.15) is 8.78 Å². The number of aryl methyl sites for hydroxylation is 1. The summed E-state index contributed by atoms with van der Waals surface area (Å²) >= 11 is 0. The standard InChI is InChI=1S/C25H28F2N4O3/c1-16(2)15-33-25(32)31-12-10-30(11-13-31)23-18-9-8-17(3)14-20(18)28-22(29-23)19-6-4-5-7-21(19)34-24(26)27/h4-9,14,16,24H,10-13,15H2,1-3H3. The third kappa shape index (κ3) is 5.35. The zero-order valence-electron chi connectivity index (χ0n) is 19.5. The molecule has 2 aromatic carbocycles. The maximum Gasteiger partial charge on any atom is 0.409 e. The summed E-state index contributed by atoms with van der Waals surface area (Å²) in [4.78, 5) is 25.6. The predicted molar refractivity (Wildman–Crippen MR) is 126 cm³/mol. The van der Waals surface area contributed by atoms with E-state index in [-0.39, 0.29) is 17.8 Å². The van der Waals surface area contributed by atoms with Gasteiger partial charge in [-0.1, -0.05) is 32.0 Å². The number of piperazine rings is 1. The van der Waals surface area contributed by atoms with Gasteiger partial charge in [-0.05, 0) is 42.7 Å². The van der Waals surface area contributed by atoms with Crippen molar-refractivity contribution in [1.29, 1.82) is 0 Å². The second-order valence-electron chi connectivity index (χ2n) is 8.71. The average Bonchev–Trinajstić information content (AvgIpc) is 2.81. The van der Waals surface area contributed by atoms with Gasteiger partial charge in [0.2, 0.25) is 0 Å². The predicted octanol–water partition coefficient (Wildman–Crippen LogP) is 5.12. The molecule has 0 unspecified atom stereocenters. The Morgan fingerprint density at radius 3 is 2.50 bits per heavy atom. The van der Waals surface area contributed by atoms with Crippen LogP contribution in [0.5, 0.6) is 5.75 Å². The molecule has 0 atom stereocenters. The maximum absolute atomic E-state index is 13.0. The van der Waals surface area contributed by atoms with Crippen LogP contribution >= 0.6 is 0 Å². The number of benzene rings is 2. The molecule has 0 bridgehead atoms. The van der Waals surface area contributed by atoms with E-state index in [1.165, 1.54) is 6.07 Å². The topological polar surface area (TPSA) is 67.8 Å². The number of ether oxygens (including phenoxy) is 2. The highest BCUT2D eigenvalue weighted by molar-refractivity contribution is 5.92. The number of nitrogens with zero attached hydrogens (tertiary/aromatic N) is 4. The number of fused-ring (bicyclic) bond motifs is 1. The van der Waals surface area contributed by atoms with E-state index in [2.05, 4.69) is 9.88 Å². The maximum atomic E-state index is 13.0. The number of alkyl halides is 2. The van der Waals surface area contributed by atoms with Crippen molar-refractivity contribution in [3.8, 4) is 17.1 Å². The highest BCUT2D eigenvalue weighted by Gasteiger charge is 2.25. The first kappa shape index (κ1) is 23.7. The second kappa shape index (κ2) is 10.2. The van der Waals surface area contributed by atoms with E-state index in [4.69, 9.17) is 14.5 Å². The quantitative estimate of drug-likeness (QED) is 0.498. The molecule has 1 aliphatic heterocycles. The molecule has 0 spiro atoms. The van der Waals surface area contributed by atoms with Gasteiger partial charge in [0.15, 0.2) is 5.82 Å². The average molecular weight is 471 g/mol. The van der Waals surface area contributed by atoms with Gasteiger partial charge in [0, 0.05) is 31.6 Å². The van der Waals surface area contributed by atoms with Gasteiger partial charge in [-0.15, -0.1) is 0 Å². The van der Waals surface area contributed by atoms with Crippen LogP contribution in [0.1, 0.15) is 19.4 Å². The Balaban J connectivity index is 1.66. The molecule has 0 radical (unpaired) electrons. The normalized spacial score (nSPS) is 14.2. The van der Waals surface area contributed by atoms with Gasteiger partial charge < -0.3 is 19.3 Å². The lowest BCUT2D eigenvalue weighted by atomic mass is 10.1. The molecule has 180 valence electrons. The van der Waals surface area contributed by atoms with Crippen LogP contribution in [0.4, 0.5) is 19.4 Å². The number of carbonyl (C=O) groups is 1. The summed E-state index contributed by atoms with van der Waals surface area (Å²) in [6.45, 7) is 5.51. The Bertz CT molecular complexity index is 1160. The minimum atomic E-state index is -2.95. The minimum Gasteiger partial charge on any atom is -0.449 e. The minimum absolute atomic E-state index is 0.0215. The lowest BCUT2D eigenvalue weighted by molar-refractivity contribution is -0.0494. The fourth-order valence-corrected chi connectivity index (χ4v) is 3.86. The molecule has 3 aromatic rings. The first-order chi connectivity index (χ1) is 16.3. The zero-order chi connectivity index (χ0) is 24.2. The molecule has 0 N–H and O–H groups in total. The smallest absolute Gasteiger partial charge is 0.409 e. The van der Waals surface area contributed by atoms with Crippen LogP contribution in [0.3, 0.4) is 0 Å². The van der Waals surface area contributed by atoms with E-state index in [9.17, 15) is 13.6 Å². The Hall–Kier alpha value is -3.49. The number of hydrogen-bond acceptors (Lipinski definition) is 6. The van der Waals surface area contributed by atoms with Crippen LogP contribution in [0, 0.1) is 12.8 Å². The molecular formula is C25H28F2N4O3. The lowest BCUT2D eigenvalue weighted by Crippen LogP contribution is -2.49. The van der Waals surface area contributed by atoms with Crippen molar-refractivity contribution in [3.63, 3.8) is 0 Å². The van der Waals surface area contributed by atoms with Gasteiger partial charge >= 0.3 is 12.7 Å². The van der Waals surface area contributed by atoms with Gasteiger partial charge in [-0.25, -0.2) is 14.8 Å². The zero-order valence-corrected chi connectivity index (χ0v) is 19.5. The Morgan fingerprint density at radius 1 is 1.06 bits per heavy atom. The summed E-state index contributed by atoms with van der Waals surface area (Å²) in [7, 11) is 0. The molecule has 9 heteroatoms. The number of aromatic nitrogens is 2. The van der Waals surface area contributed by atoms with Crippen molar-refractivity contribution in [2.45, 2.75) is 27.4 Å². The Labute approximate surface area is 197 Å². The first-order valence-corrected chi connectivity index (χ1v) is 11.3. The van der Waals surface area contributed by atoms with Gasteiger partial charge in [-0.3, -0.25) is 0 Å². The molecule has 1 amide bonds. The number of anilines is 1. The van der Waals surface area contributed by atoms with E-state index in [1.807, 2.05) is 39.0 Å². The summed E-state index contributed by atoms with van der Waals surface area (Å²) in [5, 5.41) is 0.859. The summed E-state index contributed by atoms with van der Waals surface area (Å²) in [5.74, 6) is 1.30. The highest BCUT2D eigenvalue weighted by atomic mass is 19.3. The third-order valence-corrected chi connectivity index (χ3v) is 5.55. The summed E-state index contributed by atoms with van der Waals surface area (Å²) in [6.07, 6.45) is -0.310. The first-order valence-electron chi connectivity index (χ1n) is 11.3. The number of para-hydroxylation sites is 1. The molecule has 34 heavy (non-hydrogen) atoms. The number of halogens is 2. The van der Waals surface area contributed by atoms with E-state index >= 15 is 0 Å². The van der Waals surface area contributed by atoms with Crippen molar-refractivity contribution in [2.75, 3.05) is 37.7 Å². The van der Waals surface area contributed by atoms with E-state index < -0.39 is 6.61 Å². The second-order valence-corrected chi connectivity index (χ2v) is 8.71. The van der Waals surface area contributed by atoms with Gasteiger partial charge in [0.25, 0.3) is 0 Å². The van der Waals surface area contributed by atoms with Crippen molar-refractivity contribution in [1.82, 2.24) is 14.9 Å². The van der Waals surface area contributed by atoms with Crippen LogP contribution in [0.15, 0.2) is 42.5 Å². The monoisotopic (exact) mass is 470 g/mol. The Kier molecular flexibility index (Phi) is 7.09. The summed E-state index contributed by atoms with van der Waals surface area (Å²) in [6, 6.07) is 12.4. The van der Waals surface area contributed by atoms with Gasteiger partial charge in [0.1, 0.15) is 11.6 Å². The number of amides is 1. The van der Waals surface area contributed by atoms with Crippen LogP contribution < -0.4 is 9.64 Å². The SMILES string of the molecule is Cc1ccc2c(N3CCN(C(=O)OCC(C)C)CC3)nc(-c3ccccc3OC(F)F)nc2c1. The number of rotatable bonds is 6. The molecule has 2 heterocycles. The highest BCUT2D eigenvalue weighted by Crippen LogP contribution is 2.33. The summed E-state index contributed by atoms with van der Waals surface area (Å²) in [5.41, 5.74) is 2.13. The largest absolute Gasteiger partial charge is 0.449 e. The van der Waals surface area contributed by atoms with Crippen LogP contribution in [-0.2, 0) is 4.74 Å². The van der Waals surface area contributed by atoms with E-state index in [1.54, 1.807) is 23.1 Å². The van der Waals surface area contributed by atoms with Crippen LogP contribution in [-0.4, -0.2) is 60.4 Å². The number of hydrogen-bond donors (Lipinski definition) is 0.